The zero-order valence-electron chi connectivity index (χ0n) is 31.1. The SMILES string of the molecule is CCCCc1nn(-c2nc(OC)nc(-n3nc(CCCC)c(/N=N/c4c(C(=O)C(C)O)cnn4C)c3N)n2)c(N)c1/N=N/c1c(C(=O)OCC)cnn1C. The van der Waals surface area contributed by atoms with Gasteiger partial charge in [-0.2, -0.15) is 44.7 Å². The third kappa shape index (κ3) is 7.96. The number of nitrogens with zero attached hydrogens (tertiary/aromatic N) is 15. The minimum absolute atomic E-state index is 0.0364. The van der Waals surface area contributed by atoms with Crippen LogP contribution in [0.3, 0.4) is 0 Å². The molecule has 0 aliphatic heterocycles. The predicted molar refractivity (Wildman–Crippen MR) is 193 cm³/mol. The molecule has 1 unspecified atom stereocenters. The Morgan fingerprint density at radius 2 is 1.28 bits per heavy atom. The van der Waals surface area contributed by atoms with Crippen LogP contribution in [0.2, 0.25) is 0 Å². The highest BCUT2D eigenvalue weighted by Gasteiger charge is 2.25. The maximum Gasteiger partial charge on any atom is 0.343 e. The van der Waals surface area contributed by atoms with Gasteiger partial charge in [-0.3, -0.25) is 4.79 Å². The molecule has 0 saturated heterocycles. The lowest BCUT2D eigenvalue weighted by Gasteiger charge is -2.08. The Hall–Kier alpha value is -6.45. The summed E-state index contributed by atoms with van der Waals surface area (Å²) >= 11 is 0. The van der Waals surface area contributed by atoms with E-state index in [1.165, 1.54) is 45.2 Å². The first-order valence-corrected chi connectivity index (χ1v) is 17.3. The smallest absolute Gasteiger partial charge is 0.343 e. The number of carbonyl (C=O) groups excluding carboxylic acids is 2. The summed E-state index contributed by atoms with van der Waals surface area (Å²) in [6.45, 7) is 7.30. The maximum absolute atomic E-state index is 12.6. The van der Waals surface area contributed by atoms with Crippen molar-refractivity contribution in [2.75, 3.05) is 25.2 Å². The second-order valence-corrected chi connectivity index (χ2v) is 12.0. The molecule has 5 N–H and O–H groups in total. The molecule has 286 valence electrons. The van der Waals surface area contributed by atoms with Gasteiger partial charge in [0.15, 0.2) is 40.4 Å². The summed E-state index contributed by atoms with van der Waals surface area (Å²) in [5, 5.41) is 44.9. The fourth-order valence-electron chi connectivity index (χ4n) is 5.15. The number of aryl methyl sites for hydroxylation is 4. The van der Waals surface area contributed by atoms with Gasteiger partial charge in [-0.25, -0.2) is 14.2 Å². The van der Waals surface area contributed by atoms with E-state index in [1.54, 1.807) is 21.0 Å². The van der Waals surface area contributed by atoms with Gasteiger partial charge < -0.3 is 26.0 Å². The lowest BCUT2D eigenvalue weighted by atomic mass is 10.1. The summed E-state index contributed by atoms with van der Waals surface area (Å²) in [5.74, 6) is -0.847. The number of Topliss-reactive ketones (excluding diaryl/α,β-unsaturated/α-hetero) is 1. The van der Waals surface area contributed by atoms with E-state index < -0.39 is 17.9 Å². The molecule has 5 aromatic rings. The molecule has 0 fully saturated rings. The Bertz CT molecular complexity index is 2190. The summed E-state index contributed by atoms with van der Waals surface area (Å²) < 4.78 is 15.9. The van der Waals surface area contributed by atoms with Crippen molar-refractivity contribution in [1.29, 1.82) is 0 Å². The monoisotopic (exact) mass is 745 g/mol. The fourth-order valence-corrected chi connectivity index (χ4v) is 5.15. The van der Waals surface area contributed by atoms with E-state index in [-0.39, 0.29) is 70.3 Å². The van der Waals surface area contributed by atoms with Crippen LogP contribution in [0.5, 0.6) is 6.01 Å². The number of ketones is 1. The quantitative estimate of drug-likeness (QED) is 0.0685. The summed E-state index contributed by atoms with van der Waals surface area (Å²) in [7, 11) is 4.60. The van der Waals surface area contributed by atoms with E-state index in [2.05, 4.69) is 50.7 Å². The molecule has 0 aromatic carbocycles. The minimum Gasteiger partial charge on any atom is -0.467 e. The molecule has 22 heteroatoms. The highest BCUT2D eigenvalue weighted by atomic mass is 16.5. The summed E-state index contributed by atoms with van der Waals surface area (Å²) in [6, 6.07) is -0.0958. The number of anilines is 2. The molecule has 54 heavy (non-hydrogen) atoms. The fraction of sp³-hybridized carbons (Fsp3) is 0.469. The van der Waals surface area contributed by atoms with Gasteiger partial charge in [0, 0.05) is 14.1 Å². The number of carbonyl (C=O) groups is 2. The second-order valence-electron chi connectivity index (χ2n) is 12.0. The van der Waals surface area contributed by atoms with E-state index in [4.69, 9.17) is 26.0 Å². The van der Waals surface area contributed by atoms with Crippen molar-refractivity contribution in [3.05, 3.63) is 34.9 Å². The number of nitrogen functional groups attached to an aromatic ring is 2. The Labute approximate surface area is 309 Å². The van der Waals surface area contributed by atoms with E-state index >= 15 is 0 Å². The van der Waals surface area contributed by atoms with Crippen molar-refractivity contribution in [1.82, 2.24) is 54.1 Å². The molecule has 0 aliphatic rings. The van der Waals surface area contributed by atoms with Crippen LogP contribution in [0.1, 0.15) is 85.5 Å². The molecule has 0 radical (unpaired) electrons. The number of nitrogens with two attached hydrogens (primary N) is 2. The number of rotatable bonds is 17. The van der Waals surface area contributed by atoms with E-state index in [1.807, 2.05) is 13.8 Å². The summed E-state index contributed by atoms with van der Waals surface area (Å²) in [5.41, 5.74) is 15.0. The predicted octanol–water partition coefficient (Wildman–Crippen LogP) is 4.14. The van der Waals surface area contributed by atoms with Crippen molar-refractivity contribution in [3.63, 3.8) is 0 Å². The van der Waals surface area contributed by atoms with Crippen molar-refractivity contribution in [2.45, 2.75) is 72.3 Å². The van der Waals surface area contributed by atoms with Gasteiger partial charge in [0.05, 0.1) is 43.1 Å². The van der Waals surface area contributed by atoms with Gasteiger partial charge in [0.25, 0.3) is 11.9 Å². The summed E-state index contributed by atoms with van der Waals surface area (Å²) in [6.07, 6.45) is 5.61. The van der Waals surface area contributed by atoms with E-state index in [9.17, 15) is 14.7 Å². The normalized spacial score (nSPS) is 12.3. The number of azo groups is 2. The summed E-state index contributed by atoms with van der Waals surface area (Å²) in [4.78, 5) is 38.5. The molecule has 0 aliphatic carbocycles. The molecule has 22 nitrogen and oxygen atoms in total. The van der Waals surface area contributed by atoms with Crippen molar-refractivity contribution >= 4 is 46.4 Å². The van der Waals surface area contributed by atoms with Crippen LogP contribution < -0.4 is 16.2 Å². The Kier molecular flexibility index (Phi) is 12.1. The Morgan fingerprint density at radius 1 is 0.796 bits per heavy atom. The number of methoxy groups -OCH3 is 1. The lowest BCUT2D eigenvalue weighted by Crippen LogP contribution is -2.15. The first-order valence-electron chi connectivity index (χ1n) is 17.3. The zero-order chi connectivity index (χ0) is 39.1. The Balaban J connectivity index is 1.60. The average Bonchev–Trinajstić information content (AvgIpc) is 3.90. The van der Waals surface area contributed by atoms with Crippen molar-refractivity contribution in [2.24, 2.45) is 34.6 Å². The standard InChI is InChI=1S/C32H43N17O5/c1-8-11-13-20-22(40-42-27-18(15-35-46(27)5)24(51)17(4)50)25(33)48(44-20)30-37-31(39-32(38-30)53-7)49-26(34)23(21(45-49)14-12-9-2)41-43-28-19(16-36-47(28)6)29(52)54-10-3/h15-17,50H,8-14,33-34H2,1-7H3/b42-40+,43-41+. The van der Waals surface area contributed by atoms with Gasteiger partial charge in [0.1, 0.15) is 11.7 Å². The molecule has 5 heterocycles. The molecule has 0 bridgehead atoms. The molecule has 0 spiro atoms. The van der Waals surface area contributed by atoms with Crippen LogP contribution in [-0.4, -0.2) is 90.8 Å². The molecular weight excluding hydrogens is 702 g/mol. The molecule has 0 amide bonds. The highest BCUT2D eigenvalue weighted by Crippen LogP contribution is 2.35. The largest absolute Gasteiger partial charge is 0.467 e. The minimum atomic E-state index is -1.26. The van der Waals surface area contributed by atoms with Crippen LogP contribution in [0.4, 0.5) is 34.6 Å². The van der Waals surface area contributed by atoms with Crippen LogP contribution in [-0.2, 0) is 31.7 Å². The van der Waals surface area contributed by atoms with E-state index in [0.29, 0.717) is 24.2 Å². The maximum atomic E-state index is 12.6. The van der Waals surface area contributed by atoms with Crippen LogP contribution in [0.15, 0.2) is 32.9 Å². The van der Waals surface area contributed by atoms with Gasteiger partial charge in [-0.15, -0.1) is 20.5 Å². The molecule has 0 saturated carbocycles. The number of ether oxygens (including phenoxy) is 2. The van der Waals surface area contributed by atoms with Crippen molar-refractivity contribution in [3.8, 4) is 17.9 Å². The van der Waals surface area contributed by atoms with Crippen molar-refractivity contribution < 1.29 is 24.2 Å². The third-order valence-corrected chi connectivity index (χ3v) is 8.06. The zero-order valence-corrected chi connectivity index (χ0v) is 31.1. The average molecular weight is 746 g/mol. The first-order chi connectivity index (χ1) is 25.9. The van der Waals surface area contributed by atoms with Gasteiger partial charge in [0.2, 0.25) is 0 Å². The first kappa shape index (κ1) is 38.8. The molecule has 5 aromatic heterocycles. The van der Waals surface area contributed by atoms with Crippen LogP contribution in [0.25, 0.3) is 11.9 Å². The topological polar surface area (TPSA) is 284 Å². The van der Waals surface area contributed by atoms with Gasteiger partial charge in [-0.05, 0) is 39.5 Å². The molecular formula is C32H43N17O5. The Morgan fingerprint density at radius 3 is 1.72 bits per heavy atom. The number of aliphatic hydroxyl groups is 1. The second kappa shape index (κ2) is 16.9. The van der Waals surface area contributed by atoms with E-state index in [0.717, 1.165) is 25.7 Å². The highest BCUT2D eigenvalue weighted by molar-refractivity contribution is 6.02. The lowest BCUT2D eigenvalue weighted by molar-refractivity contribution is 0.0527. The number of esters is 1. The number of hydrogen-bond acceptors (Lipinski definition) is 18. The van der Waals surface area contributed by atoms with Gasteiger partial charge in [-0.1, -0.05) is 26.7 Å². The third-order valence-electron chi connectivity index (χ3n) is 8.06. The number of aliphatic hydroxyl groups excluding tert-OH is 1. The molecule has 5 rings (SSSR count). The number of unbranched alkanes of at least 4 members (excludes halogenated alkanes) is 2. The van der Waals surface area contributed by atoms with Crippen LogP contribution in [0, 0.1) is 0 Å². The van der Waals surface area contributed by atoms with Gasteiger partial charge >= 0.3 is 12.0 Å². The number of hydrogen-bond donors (Lipinski definition) is 3. The number of aromatic nitrogens is 11. The van der Waals surface area contributed by atoms with Crippen LogP contribution >= 0.6 is 0 Å². The molecule has 1 atom stereocenters.